The fourth-order valence-corrected chi connectivity index (χ4v) is 3.49. The van der Waals surface area contributed by atoms with Gasteiger partial charge in [0.05, 0.1) is 25.3 Å². The summed E-state index contributed by atoms with van der Waals surface area (Å²) < 4.78 is 5.25. The van der Waals surface area contributed by atoms with Crippen LogP contribution in [0, 0.1) is 11.3 Å². The lowest BCUT2D eigenvalue weighted by Crippen LogP contribution is -2.49. The van der Waals surface area contributed by atoms with Crippen LogP contribution >= 0.6 is 0 Å². The van der Waals surface area contributed by atoms with E-state index in [1.807, 2.05) is 55.6 Å². The fraction of sp³-hybridized carbons (Fsp3) is 0.391. The van der Waals surface area contributed by atoms with E-state index < -0.39 is 0 Å². The number of piperazine rings is 1. The van der Waals surface area contributed by atoms with Gasteiger partial charge in [-0.25, -0.2) is 0 Å². The molecule has 1 heterocycles. The summed E-state index contributed by atoms with van der Waals surface area (Å²) in [4.78, 5) is 19.0. The molecule has 3 rings (SSSR count). The molecule has 0 saturated carbocycles. The van der Waals surface area contributed by atoms with Gasteiger partial charge in [-0.3, -0.25) is 14.6 Å². The highest BCUT2D eigenvalue weighted by Gasteiger charge is 2.20. The van der Waals surface area contributed by atoms with Gasteiger partial charge in [0.2, 0.25) is 5.91 Å². The van der Waals surface area contributed by atoms with E-state index in [-0.39, 0.29) is 5.91 Å². The number of ether oxygens (including phenoxy) is 1. The van der Waals surface area contributed by atoms with Gasteiger partial charge in [0.1, 0.15) is 5.75 Å². The zero-order valence-electron chi connectivity index (χ0n) is 17.2. The highest BCUT2D eigenvalue weighted by atomic mass is 16.5. The van der Waals surface area contributed by atoms with Crippen molar-refractivity contribution >= 4 is 5.91 Å². The normalized spacial score (nSPS) is 14.9. The topological polar surface area (TPSA) is 59.8 Å². The third-order valence-corrected chi connectivity index (χ3v) is 5.29. The summed E-state index contributed by atoms with van der Waals surface area (Å²) in [5.74, 6) is 0.940. The molecule has 2 aromatic rings. The molecule has 0 spiro atoms. The minimum atomic E-state index is 0.133. The van der Waals surface area contributed by atoms with Gasteiger partial charge < -0.3 is 9.64 Å². The third-order valence-electron chi connectivity index (χ3n) is 5.29. The van der Waals surface area contributed by atoms with Gasteiger partial charge in [-0.1, -0.05) is 24.3 Å². The van der Waals surface area contributed by atoms with Crippen LogP contribution in [0.15, 0.2) is 48.5 Å². The maximum atomic E-state index is 12.6. The van der Waals surface area contributed by atoms with Gasteiger partial charge in [-0.05, 0) is 35.4 Å². The van der Waals surface area contributed by atoms with Gasteiger partial charge in [0.25, 0.3) is 0 Å². The second-order valence-corrected chi connectivity index (χ2v) is 7.46. The molecule has 6 nitrogen and oxygen atoms in total. The first-order chi connectivity index (χ1) is 14.1. The molecule has 0 bridgehead atoms. The predicted molar refractivity (Wildman–Crippen MR) is 112 cm³/mol. The van der Waals surface area contributed by atoms with Crippen LogP contribution in [0.1, 0.15) is 16.7 Å². The summed E-state index contributed by atoms with van der Waals surface area (Å²) in [6.45, 7) is 5.55. The third kappa shape index (κ3) is 6.05. The molecule has 0 atom stereocenters. The number of nitrogens with zero attached hydrogens (tertiary/aromatic N) is 4. The van der Waals surface area contributed by atoms with Crippen molar-refractivity contribution in [2.75, 3.05) is 46.9 Å². The van der Waals surface area contributed by atoms with Crippen molar-refractivity contribution in [2.24, 2.45) is 0 Å². The average molecular weight is 393 g/mol. The van der Waals surface area contributed by atoms with Crippen LogP contribution in [-0.4, -0.2) is 67.5 Å². The van der Waals surface area contributed by atoms with Crippen LogP contribution in [-0.2, 0) is 17.9 Å². The molecule has 0 aromatic heterocycles. The molecule has 29 heavy (non-hydrogen) atoms. The van der Waals surface area contributed by atoms with Crippen molar-refractivity contribution in [1.29, 1.82) is 5.26 Å². The number of rotatable bonds is 7. The van der Waals surface area contributed by atoms with Gasteiger partial charge >= 0.3 is 0 Å². The lowest BCUT2D eigenvalue weighted by molar-refractivity contribution is -0.132. The number of carbonyl (C=O) groups is 1. The number of hydrogen-bond donors (Lipinski definition) is 0. The Balaban J connectivity index is 1.43. The van der Waals surface area contributed by atoms with Crippen molar-refractivity contribution in [2.45, 2.75) is 13.1 Å². The van der Waals surface area contributed by atoms with Gasteiger partial charge in [0.15, 0.2) is 0 Å². The van der Waals surface area contributed by atoms with E-state index in [2.05, 4.69) is 15.9 Å². The monoisotopic (exact) mass is 392 g/mol. The van der Waals surface area contributed by atoms with Gasteiger partial charge in [-0.15, -0.1) is 0 Å². The molecule has 1 aliphatic rings. The standard InChI is InChI=1S/C23H28N4O2/c1-25(16-21-4-3-5-22(14-21)29-2)23(28)18-27-12-10-26(11-13-27)17-20-8-6-19(15-24)7-9-20/h3-9,14H,10-13,16-18H2,1-2H3. The fourth-order valence-electron chi connectivity index (χ4n) is 3.49. The quantitative estimate of drug-likeness (QED) is 0.724. The molecule has 1 aliphatic heterocycles. The minimum absolute atomic E-state index is 0.133. The van der Waals surface area contributed by atoms with E-state index in [1.165, 1.54) is 5.56 Å². The number of hydrogen-bond acceptors (Lipinski definition) is 5. The zero-order valence-corrected chi connectivity index (χ0v) is 17.2. The summed E-state index contributed by atoms with van der Waals surface area (Å²) in [5, 5.41) is 8.89. The number of methoxy groups -OCH3 is 1. The van der Waals surface area contributed by atoms with E-state index >= 15 is 0 Å². The Kier molecular flexibility index (Phi) is 7.23. The summed E-state index contributed by atoms with van der Waals surface area (Å²) in [6, 6.07) is 17.7. The van der Waals surface area contributed by atoms with E-state index in [4.69, 9.17) is 10.00 Å². The largest absolute Gasteiger partial charge is 0.497 e. The smallest absolute Gasteiger partial charge is 0.236 e. The summed E-state index contributed by atoms with van der Waals surface area (Å²) in [5.41, 5.74) is 2.97. The molecule has 0 unspecified atom stereocenters. The predicted octanol–water partition coefficient (Wildman–Crippen LogP) is 2.34. The first-order valence-corrected chi connectivity index (χ1v) is 9.88. The Morgan fingerprint density at radius 3 is 2.41 bits per heavy atom. The Bertz CT molecular complexity index is 852. The van der Waals surface area contributed by atoms with E-state index in [1.54, 1.807) is 12.0 Å². The lowest BCUT2D eigenvalue weighted by atomic mass is 10.1. The van der Waals surface area contributed by atoms with Gasteiger partial charge in [0, 0.05) is 46.3 Å². The Morgan fingerprint density at radius 1 is 1.07 bits per heavy atom. The maximum Gasteiger partial charge on any atom is 0.236 e. The molecule has 0 aliphatic carbocycles. The second kappa shape index (κ2) is 10.1. The first-order valence-electron chi connectivity index (χ1n) is 9.88. The Hall–Kier alpha value is -2.88. The van der Waals surface area contributed by atoms with Crippen LogP contribution in [0.3, 0.4) is 0 Å². The van der Waals surface area contributed by atoms with Crippen molar-refractivity contribution in [3.8, 4) is 11.8 Å². The van der Waals surface area contributed by atoms with Gasteiger partial charge in [-0.2, -0.15) is 5.26 Å². The van der Waals surface area contributed by atoms with Crippen LogP contribution in [0.2, 0.25) is 0 Å². The molecule has 1 saturated heterocycles. The van der Waals surface area contributed by atoms with Crippen LogP contribution in [0.25, 0.3) is 0 Å². The number of carbonyl (C=O) groups excluding carboxylic acids is 1. The van der Waals surface area contributed by atoms with E-state index in [0.717, 1.165) is 44.0 Å². The Morgan fingerprint density at radius 2 is 1.76 bits per heavy atom. The molecular weight excluding hydrogens is 364 g/mol. The Labute approximate surface area is 172 Å². The van der Waals surface area contributed by atoms with Crippen LogP contribution in [0.4, 0.5) is 0 Å². The summed E-state index contributed by atoms with van der Waals surface area (Å²) in [7, 11) is 3.50. The number of nitriles is 1. The molecule has 0 N–H and O–H groups in total. The molecule has 6 heteroatoms. The summed E-state index contributed by atoms with van der Waals surface area (Å²) in [6.07, 6.45) is 0. The van der Waals surface area contributed by atoms with Crippen molar-refractivity contribution in [3.63, 3.8) is 0 Å². The molecule has 152 valence electrons. The average Bonchev–Trinajstić information content (AvgIpc) is 2.75. The van der Waals surface area contributed by atoms with E-state index in [0.29, 0.717) is 18.7 Å². The number of amides is 1. The molecule has 2 aromatic carbocycles. The van der Waals surface area contributed by atoms with Crippen LogP contribution in [0.5, 0.6) is 5.75 Å². The highest BCUT2D eigenvalue weighted by molar-refractivity contribution is 5.78. The number of benzene rings is 2. The van der Waals surface area contributed by atoms with Crippen molar-refractivity contribution < 1.29 is 9.53 Å². The second-order valence-electron chi connectivity index (χ2n) is 7.46. The van der Waals surface area contributed by atoms with Crippen molar-refractivity contribution in [3.05, 3.63) is 65.2 Å². The molecule has 1 fully saturated rings. The molecule has 0 radical (unpaired) electrons. The first kappa shape index (κ1) is 20.8. The number of likely N-dealkylation sites (N-methyl/N-ethyl adjacent to an activating group) is 1. The highest BCUT2D eigenvalue weighted by Crippen LogP contribution is 2.14. The summed E-state index contributed by atoms with van der Waals surface area (Å²) >= 11 is 0. The molecular formula is C23H28N4O2. The van der Waals surface area contributed by atoms with Crippen molar-refractivity contribution in [1.82, 2.24) is 14.7 Å². The van der Waals surface area contributed by atoms with Crippen LogP contribution < -0.4 is 4.74 Å². The molecule has 1 amide bonds. The minimum Gasteiger partial charge on any atom is -0.497 e. The maximum absolute atomic E-state index is 12.6. The SMILES string of the molecule is COc1cccc(CN(C)C(=O)CN2CCN(Cc3ccc(C#N)cc3)CC2)c1. The van der Waals surface area contributed by atoms with E-state index in [9.17, 15) is 4.79 Å². The zero-order chi connectivity index (χ0) is 20.6. The lowest BCUT2D eigenvalue weighted by Gasteiger charge is -2.35.